The van der Waals surface area contributed by atoms with E-state index in [0.29, 0.717) is 41.3 Å². The summed E-state index contributed by atoms with van der Waals surface area (Å²) in [6, 6.07) is 8.03. The third-order valence-corrected chi connectivity index (χ3v) is 4.06. The Hall–Kier alpha value is -3.22. The van der Waals surface area contributed by atoms with Crippen molar-refractivity contribution in [2.75, 3.05) is 27.9 Å². The lowest BCUT2D eigenvalue weighted by Crippen LogP contribution is -2.26. The molecule has 0 aliphatic rings. The van der Waals surface area contributed by atoms with Crippen molar-refractivity contribution in [1.29, 1.82) is 0 Å². The lowest BCUT2D eigenvalue weighted by molar-refractivity contribution is 0.0696. The molecule has 0 spiro atoms. The molecule has 144 valence electrons. The minimum atomic E-state index is -1.07. The number of nitrogens with one attached hydrogen (secondary N) is 1. The van der Waals surface area contributed by atoms with Crippen LogP contribution in [0, 0.1) is 6.92 Å². The van der Waals surface area contributed by atoms with Crippen molar-refractivity contribution in [2.45, 2.75) is 13.3 Å². The first-order chi connectivity index (χ1) is 12.9. The lowest BCUT2D eigenvalue weighted by Gasteiger charge is -2.15. The van der Waals surface area contributed by atoms with Crippen LogP contribution in [0.3, 0.4) is 0 Å². The first-order valence-electron chi connectivity index (χ1n) is 8.31. The predicted octanol–water partition coefficient (Wildman–Crippen LogP) is 2.69. The van der Waals surface area contributed by atoms with E-state index in [2.05, 4.69) is 5.32 Å². The van der Waals surface area contributed by atoms with Crippen LogP contribution in [0.2, 0.25) is 0 Å². The lowest BCUT2D eigenvalue weighted by atomic mass is 10.1. The Morgan fingerprint density at radius 2 is 1.52 bits per heavy atom. The molecule has 0 unspecified atom stereocenters. The number of rotatable bonds is 8. The van der Waals surface area contributed by atoms with Crippen LogP contribution in [0.1, 0.15) is 31.8 Å². The van der Waals surface area contributed by atoms with Crippen LogP contribution in [0.15, 0.2) is 30.3 Å². The Balaban J connectivity index is 2.12. The number of methoxy groups -OCH3 is 3. The van der Waals surface area contributed by atoms with Gasteiger partial charge in [0.05, 0.1) is 26.9 Å². The summed E-state index contributed by atoms with van der Waals surface area (Å²) in [5, 5.41) is 11.9. The maximum absolute atomic E-state index is 12.4. The first kappa shape index (κ1) is 20.1. The van der Waals surface area contributed by atoms with Crippen molar-refractivity contribution in [2.24, 2.45) is 0 Å². The number of aryl methyl sites for hydroxylation is 1. The van der Waals surface area contributed by atoms with Gasteiger partial charge in [0.2, 0.25) is 0 Å². The second kappa shape index (κ2) is 8.93. The standard InChI is InChI=1S/C20H23NO6/c1-12-7-13(9-14(8-12)20(23)24)19(22)21-6-5-16-17(26-3)10-15(25-2)11-18(16)27-4/h7-11H,5-6H2,1-4H3,(H,21,22)(H,23,24). The molecule has 0 saturated carbocycles. The molecule has 0 saturated heterocycles. The summed E-state index contributed by atoms with van der Waals surface area (Å²) in [7, 11) is 4.66. The van der Waals surface area contributed by atoms with E-state index in [1.807, 2.05) is 0 Å². The number of hydrogen-bond donors (Lipinski definition) is 2. The molecule has 0 aliphatic heterocycles. The summed E-state index contributed by atoms with van der Waals surface area (Å²) in [5.74, 6) is 0.402. The summed E-state index contributed by atoms with van der Waals surface area (Å²) in [5.41, 5.74) is 1.90. The first-order valence-corrected chi connectivity index (χ1v) is 8.31. The summed E-state index contributed by atoms with van der Waals surface area (Å²) in [6.07, 6.45) is 0.472. The van der Waals surface area contributed by atoms with Crippen LogP contribution in [-0.2, 0) is 6.42 Å². The van der Waals surface area contributed by atoms with Gasteiger partial charge in [-0.1, -0.05) is 0 Å². The SMILES string of the molecule is COc1cc(OC)c(CCNC(=O)c2cc(C)cc(C(=O)O)c2)c(OC)c1. The molecule has 0 heterocycles. The van der Waals surface area contributed by atoms with Gasteiger partial charge in [-0.2, -0.15) is 0 Å². The number of carbonyl (C=O) groups excluding carboxylic acids is 1. The quantitative estimate of drug-likeness (QED) is 0.739. The van der Waals surface area contributed by atoms with E-state index in [9.17, 15) is 9.59 Å². The molecule has 0 fully saturated rings. The molecule has 2 aromatic rings. The predicted molar refractivity (Wildman–Crippen MR) is 100 cm³/mol. The minimum Gasteiger partial charge on any atom is -0.496 e. The van der Waals surface area contributed by atoms with Crippen LogP contribution in [-0.4, -0.2) is 44.9 Å². The molecule has 0 radical (unpaired) electrons. The smallest absolute Gasteiger partial charge is 0.335 e. The minimum absolute atomic E-state index is 0.0821. The van der Waals surface area contributed by atoms with Crippen molar-refractivity contribution in [3.05, 3.63) is 52.6 Å². The Kier molecular flexibility index (Phi) is 6.65. The molecule has 7 nitrogen and oxygen atoms in total. The zero-order chi connectivity index (χ0) is 20.0. The van der Waals surface area contributed by atoms with E-state index in [-0.39, 0.29) is 11.5 Å². The summed E-state index contributed by atoms with van der Waals surface area (Å²) in [4.78, 5) is 23.5. The Labute approximate surface area is 157 Å². The van der Waals surface area contributed by atoms with Crippen molar-refractivity contribution in [3.8, 4) is 17.2 Å². The van der Waals surface area contributed by atoms with E-state index in [4.69, 9.17) is 19.3 Å². The van der Waals surface area contributed by atoms with Crippen LogP contribution in [0.4, 0.5) is 0 Å². The number of carboxylic acid groups (broad SMARTS) is 1. The average molecular weight is 373 g/mol. The van der Waals surface area contributed by atoms with E-state index in [1.54, 1.807) is 46.5 Å². The number of carbonyl (C=O) groups is 2. The Bertz CT molecular complexity index is 821. The number of hydrogen-bond acceptors (Lipinski definition) is 5. The molecule has 2 aromatic carbocycles. The van der Waals surface area contributed by atoms with Crippen molar-refractivity contribution in [1.82, 2.24) is 5.32 Å². The van der Waals surface area contributed by atoms with Crippen LogP contribution in [0.5, 0.6) is 17.2 Å². The zero-order valence-corrected chi connectivity index (χ0v) is 15.8. The van der Waals surface area contributed by atoms with Crippen LogP contribution < -0.4 is 19.5 Å². The second-order valence-corrected chi connectivity index (χ2v) is 5.91. The van der Waals surface area contributed by atoms with Gasteiger partial charge in [-0.25, -0.2) is 4.79 Å². The van der Waals surface area contributed by atoms with Crippen LogP contribution in [0.25, 0.3) is 0 Å². The second-order valence-electron chi connectivity index (χ2n) is 5.91. The van der Waals surface area contributed by atoms with Gasteiger partial charge in [0.1, 0.15) is 17.2 Å². The Morgan fingerprint density at radius 3 is 2.04 bits per heavy atom. The highest BCUT2D eigenvalue weighted by molar-refractivity contribution is 5.97. The highest BCUT2D eigenvalue weighted by Gasteiger charge is 2.15. The number of amides is 1. The van der Waals surface area contributed by atoms with Gasteiger partial charge in [-0.3, -0.25) is 4.79 Å². The molecule has 0 aliphatic carbocycles. The fourth-order valence-corrected chi connectivity index (χ4v) is 2.76. The highest BCUT2D eigenvalue weighted by atomic mass is 16.5. The number of ether oxygens (including phenoxy) is 3. The van der Waals surface area contributed by atoms with E-state index >= 15 is 0 Å². The van der Waals surface area contributed by atoms with Gasteiger partial charge in [-0.05, 0) is 37.1 Å². The average Bonchev–Trinajstić information content (AvgIpc) is 2.66. The van der Waals surface area contributed by atoms with Gasteiger partial charge in [0, 0.05) is 29.8 Å². The fraction of sp³-hybridized carbons (Fsp3) is 0.300. The third kappa shape index (κ3) is 4.91. The molecule has 2 N–H and O–H groups in total. The topological polar surface area (TPSA) is 94.1 Å². The molecule has 1 amide bonds. The number of benzene rings is 2. The van der Waals surface area contributed by atoms with Crippen molar-refractivity contribution >= 4 is 11.9 Å². The summed E-state index contributed by atoms with van der Waals surface area (Å²) < 4.78 is 16.0. The maximum atomic E-state index is 12.4. The van der Waals surface area contributed by atoms with E-state index in [0.717, 1.165) is 5.56 Å². The molecular weight excluding hydrogens is 350 g/mol. The molecule has 2 rings (SSSR count). The monoisotopic (exact) mass is 373 g/mol. The molecule has 0 bridgehead atoms. The van der Waals surface area contributed by atoms with Gasteiger partial charge >= 0.3 is 5.97 Å². The van der Waals surface area contributed by atoms with Gasteiger partial charge < -0.3 is 24.6 Å². The van der Waals surface area contributed by atoms with E-state index < -0.39 is 5.97 Å². The maximum Gasteiger partial charge on any atom is 0.335 e. The van der Waals surface area contributed by atoms with E-state index in [1.165, 1.54) is 12.1 Å². The number of aromatic carboxylic acids is 1. The summed E-state index contributed by atoms with van der Waals surface area (Å²) in [6.45, 7) is 2.07. The van der Waals surface area contributed by atoms with Crippen molar-refractivity contribution in [3.63, 3.8) is 0 Å². The van der Waals surface area contributed by atoms with Crippen LogP contribution >= 0.6 is 0 Å². The number of carboxylic acids is 1. The Morgan fingerprint density at radius 1 is 0.926 bits per heavy atom. The molecule has 0 aromatic heterocycles. The molecule has 7 heteroatoms. The van der Waals surface area contributed by atoms with Gasteiger partial charge in [-0.15, -0.1) is 0 Å². The highest BCUT2D eigenvalue weighted by Crippen LogP contribution is 2.34. The fourth-order valence-electron chi connectivity index (χ4n) is 2.76. The third-order valence-electron chi connectivity index (χ3n) is 4.06. The summed E-state index contributed by atoms with van der Waals surface area (Å²) >= 11 is 0. The molecule has 0 atom stereocenters. The van der Waals surface area contributed by atoms with Gasteiger partial charge in [0.25, 0.3) is 5.91 Å². The molecule has 27 heavy (non-hydrogen) atoms. The largest absolute Gasteiger partial charge is 0.496 e. The normalized spacial score (nSPS) is 10.2. The zero-order valence-electron chi connectivity index (χ0n) is 15.8. The molecular formula is C20H23NO6. The van der Waals surface area contributed by atoms with Crippen molar-refractivity contribution < 1.29 is 28.9 Å². The van der Waals surface area contributed by atoms with Gasteiger partial charge in [0.15, 0.2) is 0 Å².